The van der Waals surface area contributed by atoms with Crippen molar-refractivity contribution >= 4 is 61.7 Å². The van der Waals surface area contributed by atoms with Crippen LogP contribution in [-0.4, -0.2) is 72.7 Å². The van der Waals surface area contributed by atoms with Crippen molar-refractivity contribution < 1.29 is 11.0 Å². The van der Waals surface area contributed by atoms with Crippen molar-refractivity contribution in [1.82, 2.24) is 0 Å². The fourth-order valence-corrected chi connectivity index (χ4v) is 5.20. The fraction of sp³-hybridized carbons (Fsp3) is 1.00. The zero-order valence-corrected chi connectivity index (χ0v) is 25.0. The maximum Gasteiger partial charge on any atom is -0.412 e. The van der Waals surface area contributed by atoms with Crippen LogP contribution in [-0.2, 0) is 0 Å². The van der Waals surface area contributed by atoms with Crippen LogP contribution in [0.2, 0.25) is 42.0 Å². The third-order valence-electron chi connectivity index (χ3n) is 2.00. The van der Waals surface area contributed by atoms with Gasteiger partial charge in [0.25, 0.3) is 0 Å². The van der Waals surface area contributed by atoms with E-state index in [9.17, 15) is 0 Å². The molecule has 0 unspecified atom stereocenters. The van der Waals surface area contributed by atoms with E-state index in [1.54, 1.807) is 0 Å². The standard InChI is InChI=1S/4C4H10Ge.2H2O/c4*1-3-5-4-2;;/h4*3-4H2,1-2H3;2*1H2. The summed E-state index contributed by atoms with van der Waals surface area (Å²) in [6.45, 7) is 18.1. The Labute approximate surface area is 169 Å². The smallest absolute Gasteiger partial charge is 0.412 e. The maximum atomic E-state index is 2.27. The molecule has 0 saturated carbocycles. The molecule has 0 aromatic carbocycles. The summed E-state index contributed by atoms with van der Waals surface area (Å²) in [5.41, 5.74) is 0. The third kappa shape index (κ3) is 96.5. The van der Waals surface area contributed by atoms with Crippen LogP contribution in [0.15, 0.2) is 0 Å². The van der Waals surface area contributed by atoms with Gasteiger partial charge in [-0.1, -0.05) is 0 Å². The van der Waals surface area contributed by atoms with Gasteiger partial charge in [0.15, 0.2) is 0 Å². The Hall–Kier alpha value is 2.09. The summed E-state index contributed by atoms with van der Waals surface area (Å²) >= 11 is 2.11. The molecule has 0 aliphatic rings. The summed E-state index contributed by atoms with van der Waals surface area (Å²) in [5, 5.41) is 11.8. The van der Waals surface area contributed by atoms with E-state index in [0.717, 1.165) is 0 Å². The second-order valence-corrected chi connectivity index (χ2v) is 19.9. The normalized spacial score (nSPS) is 7.64. The van der Waals surface area contributed by atoms with Crippen LogP contribution >= 0.6 is 0 Å². The Morgan fingerprint density at radius 3 is 0.409 bits per heavy atom. The minimum Gasteiger partial charge on any atom is -0.412 e. The van der Waals surface area contributed by atoms with Crippen LogP contribution in [0.5, 0.6) is 0 Å². The Morgan fingerprint density at radius 1 is 0.318 bits per heavy atom. The summed E-state index contributed by atoms with van der Waals surface area (Å²) in [4.78, 5) is 0. The van der Waals surface area contributed by atoms with E-state index in [-0.39, 0.29) is 11.0 Å². The Morgan fingerprint density at radius 2 is 0.409 bits per heavy atom. The van der Waals surface area contributed by atoms with E-state index in [1.807, 2.05) is 0 Å². The van der Waals surface area contributed by atoms with Gasteiger partial charge in [0.1, 0.15) is 0 Å². The molecule has 6 heteroatoms. The molecule has 4 N–H and O–H groups in total. The molecule has 0 aromatic rings. The Balaban J connectivity index is -0.0000000376. The van der Waals surface area contributed by atoms with Crippen LogP contribution in [0.25, 0.3) is 0 Å². The second-order valence-electron chi connectivity index (χ2n) is 3.83. The van der Waals surface area contributed by atoms with Gasteiger partial charge in [0.05, 0.1) is 0 Å². The molecule has 0 spiro atoms. The van der Waals surface area contributed by atoms with E-state index >= 15 is 0 Å². The largest absolute Gasteiger partial charge is 0.412 e. The molecule has 0 amide bonds. The van der Waals surface area contributed by atoms with Crippen molar-refractivity contribution in [2.75, 3.05) is 0 Å². The zero-order valence-electron chi connectivity index (χ0n) is 16.7. The van der Waals surface area contributed by atoms with E-state index in [0.29, 0.717) is 61.7 Å². The first-order valence-electron chi connectivity index (χ1n) is 8.49. The van der Waals surface area contributed by atoms with Crippen molar-refractivity contribution in [3.8, 4) is 0 Å². The minimum atomic E-state index is 0. The third-order valence-corrected chi connectivity index (χ3v) is 10.4. The Bertz CT molecular complexity index is 78.1. The van der Waals surface area contributed by atoms with Gasteiger partial charge in [-0.3, -0.25) is 0 Å². The van der Waals surface area contributed by atoms with Gasteiger partial charge >= 0.3 is 159 Å². The zero-order chi connectivity index (χ0) is 16.5. The van der Waals surface area contributed by atoms with Crippen molar-refractivity contribution in [3.05, 3.63) is 0 Å². The molecule has 0 atom stereocenters. The second kappa shape index (κ2) is 56.8. The van der Waals surface area contributed by atoms with Crippen LogP contribution in [0, 0.1) is 0 Å². The first-order valence-corrected chi connectivity index (χ1v) is 20.4. The molecule has 0 fully saturated rings. The van der Waals surface area contributed by atoms with E-state index < -0.39 is 0 Å². The summed E-state index contributed by atoms with van der Waals surface area (Å²) < 4.78 is 0. The topological polar surface area (TPSA) is 63.0 Å². The first kappa shape index (κ1) is 39.2. The van der Waals surface area contributed by atoms with Crippen LogP contribution < -0.4 is 0 Å². The molecule has 0 heterocycles. The van der Waals surface area contributed by atoms with Gasteiger partial charge < -0.3 is 11.0 Å². The summed E-state index contributed by atoms with van der Waals surface area (Å²) in [6, 6.07) is 0. The molecule has 8 radical (unpaired) electrons. The molecule has 0 aliphatic heterocycles. The summed E-state index contributed by atoms with van der Waals surface area (Å²) in [6.07, 6.45) is 0. The van der Waals surface area contributed by atoms with Gasteiger partial charge in [-0.15, -0.1) is 0 Å². The van der Waals surface area contributed by atoms with Gasteiger partial charge in [0, 0.05) is 0 Å². The predicted octanol–water partition coefficient (Wildman–Crippen LogP) is 4.62. The van der Waals surface area contributed by atoms with Crippen molar-refractivity contribution in [2.45, 2.75) is 97.4 Å². The molecule has 22 heavy (non-hydrogen) atoms. The van der Waals surface area contributed by atoms with Crippen LogP contribution in [0.4, 0.5) is 0 Å². The SMILES string of the molecule is C[CH2][Ge][CH2]C.C[CH2][Ge][CH2]C.C[CH2][Ge][CH2]C.C[CH2][Ge][CH2]C.O.O. The van der Waals surface area contributed by atoms with E-state index in [4.69, 9.17) is 0 Å². The maximum absolute atomic E-state index is 2.27. The summed E-state index contributed by atoms with van der Waals surface area (Å²) in [7, 11) is 0. The monoisotopic (exact) mass is 564 g/mol. The van der Waals surface area contributed by atoms with Crippen LogP contribution in [0.1, 0.15) is 55.4 Å². The quantitative estimate of drug-likeness (QED) is 0.391. The number of hydrogen-bond acceptors (Lipinski definition) is 0. The Kier molecular flexibility index (Phi) is 101. The fourth-order valence-electron chi connectivity index (χ4n) is 1.000. The minimum absolute atomic E-state index is 0. The van der Waals surface area contributed by atoms with Crippen LogP contribution in [0.3, 0.4) is 0 Å². The average molecular weight is 559 g/mol. The van der Waals surface area contributed by atoms with E-state index in [2.05, 4.69) is 55.4 Å². The predicted molar refractivity (Wildman–Crippen MR) is 114 cm³/mol. The number of hydrogen-bond donors (Lipinski definition) is 0. The molecule has 0 saturated heterocycles. The molecule has 136 valence electrons. The van der Waals surface area contributed by atoms with Gasteiger partial charge in [-0.25, -0.2) is 0 Å². The van der Waals surface area contributed by atoms with Crippen molar-refractivity contribution in [3.63, 3.8) is 0 Å². The molecular weight excluding hydrogens is 515 g/mol. The van der Waals surface area contributed by atoms with Crippen molar-refractivity contribution in [1.29, 1.82) is 0 Å². The van der Waals surface area contributed by atoms with Gasteiger partial charge in [-0.2, -0.15) is 0 Å². The molecule has 0 bridgehead atoms. The molecular formula is C16H44Ge4O2. The molecule has 0 aromatic heterocycles. The molecule has 0 aliphatic carbocycles. The average Bonchev–Trinajstić information content (AvgIpc) is 2.44. The first-order chi connectivity index (χ1) is 9.66. The summed E-state index contributed by atoms with van der Waals surface area (Å²) in [5.74, 6) is 0. The van der Waals surface area contributed by atoms with E-state index in [1.165, 1.54) is 42.0 Å². The number of rotatable bonds is 8. The molecule has 0 rings (SSSR count). The van der Waals surface area contributed by atoms with Gasteiger partial charge in [0.2, 0.25) is 0 Å². The van der Waals surface area contributed by atoms with Gasteiger partial charge in [-0.05, 0) is 0 Å². The molecule has 2 nitrogen and oxygen atoms in total. The van der Waals surface area contributed by atoms with Crippen molar-refractivity contribution in [2.24, 2.45) is 0 Å².